The molecule has 0 bridgehead atoms. The van der Waals surface area contributed by atoms with Crippen molar-refractivity contribution in [3.05, 3.63) is 79.3 Å². The Labute approximate surface area is 209 Å². The molecule has 8 nitrogen and oxygen atoms in total. The molecule has 1 amide bonds. The van der Waals surface area contributed by atoms with Gasteiger partial charge in [-0.05, 0) is 24.3 Å². The van der Waals surface area contributed by atoms with Crippen molar-refractivity contribution in [2.75, 3.05) is 32.8 Å². The van der Waals surface area contributed by atoms with Gasteiger partial charge in [-0.1, -0.05) is 46.9 Å². The Morgan fingerprint density at radius 2 is 1.97 bits per heavy atom. The van der Waals surface area contributed by atoms with Crippen LogP contribution in [-0.2, 0) is 10.5 Å². The molecule has 0 spiro atoms. The van der Waals surface area contributed by atoms with Crippen LogP contribution in [0.2, 0.25) is 15.1 Å². The van der Waals surface area contributed by atoms with E-state index in [1.807, 2.05) is 0 Å². The zero-order chi connectivity index (χ0) is 24.0. The molecule has 2 atom stereocenters. The molecule has 178 valence electrons. The summed E-state index contributed by atoms with van der Waals surface area (Å²) in [6, 6.07) is 9.85. The Hall–Kier alpha value is -2.33. The summed E-state index contributed by atoms with van der Waals surface area (Å²) in [5, 5.41) is 12.1. The predicted octanol–water partition coefficient (Wildman–Crippen LogP) is 3.60. The van der Waals surface area contributed by atoms with Gasteiger partial charge in [-0.2, -0.15) is 0 Å². The summed E-state index contributed by atoms with van der Waals surface area (Å²) in [6.45, 7) is 1.87. The number of benzene rings is 2. The van der Waals surface area contributed by atoms with Crippen LogP contribution < -0.4 is 5.76 Å². The lowest BCUT2D eigenvalue weighted by Crippen LogP contribution is -2.63. The number of fused-ring (bicyclic) bond motifs is 1. The highest BCUT2D eigenvalue weighted by Crippen LogP contribution is 2.35. The van der Waals surface area contributed by atoms with E-state index in [-0.39, 0.29) is 35.9 Å². The number of nitrogens with one attached hydrogen (secondary N) is 1. The van der Waals surface area contributed by atoms with E-state index in [1.54, 1.807) is 41.3 Å². The Morgan fingerprint density at radius 1 is 1.15 bits per heavy atom. The van der Waals surface area contributed by atoms with Crippen molar-refractivity contribution in [3.63, 3.8) is 0 Å². The van der Waals surface area contributed by atoms with Crippen LogP contribution in [0.3, 0.4) is 0 Å². The van der Waals surface area contributed by atoms with E-state index in [4.69, 9.17) is 44.0 Å². The number of piperazine rings is 1. The van der Waals surface area contributed by atoms with Gasteiger partial charge in [0.15, 0.2) is 5.76 Å². The number of hydrogen-bond donors (Lipinski definition) is 2. The largest absolute Gasteiger partial charge is 0.416 e. The Kier molecular flexibility index (Phi) is 6.22. The molecule has 2 fully saturated rings. The summed E-state index contributed by atoms with van der Waals surface area (Å²) in [5.41, 5.74) is 1.30. The first-order chi connectivity index (χ1) is 16.2. The highest BCUT2D eigenvalue weighted by molar-refractivity contribution is 6.42. The molecule has 0 saturated carbocycles. The summed E-state index contributed by atoms with van der Waals surface area (Å²) in [6.07, 6.45) is 1.41. The zero-order valence-corrected chi connectivity index (χ0v) is 20.0. The maximum Gasteiger partial charge on any atom is 0.416 e. The van der Waals surface area contributed by atoms with Crippen molar-refractivity contribution < 1.29 is 19.1 Å². The molecule has 1 aromatic heterocycles. The van der Waals surface area contributed by atoms with Crippen molar-refractivity contribution in [2.45, 2.75) is 11.8 Å². The number of aliphatic hydroxyl groups is 1. The van der Waals surface area contributed by atoms with Gasteiger partial charge in [-0.25, -0.2) is 4.79 Å². The number of carbonyl (C=O) groups is 1. The van der Waals surface area contributed by atoms with E-state index in [0.29, 0.717) is 46.4 Å². The molecule has 3 aromatic rings. The van der Waals surface area contributed by atoms with Crippen LogP contribution in [0.4, 0.5) is 0 Å². The summed E-state index contributed by atoms with van der Waals surface area (Å²) in [7, 11) is 0. The second-order valence-electron chi connectivity index (χ2n) is 8.31. The van der Waals surface area contributed by atoms with Crippen LogP contribution in [-0.4, -0.2) is 64.6 Å². The minimum Gasteiger partial charge on any atom is -0.408 e. The number of oxazole rings is 1. The topological polar surface area (TPSA) is 99.0 Å². The Bertz CT molecular complexity index is 1310. The molecule has 11 heteroatoms. The lowest BCUT2D eigenvalue weighted by atomic mass is 10.00. The SMILES string of the molecule is O=C(c1cccc(-c2c[nH]c(=O)o2)c1Cl)N1CCN2C[C@@](O)(c3ccc(Cl)c(Cl)c3)OC[C@@H]2C1. The first-order valence-corrected chi connectivity index (χ1v) is 11.7. The summed E-state index contributed by atoms with van der Waals surface area (Å²) < 4.78 is 10.9. The van der Waals surface area contributed by atoms with E-state index in [2.05, 4.69) is 9.88 Å². The molecule has 34 heavy (non-hydrogen) atoms. The lowest BCUT2D eigenvalue weighted by molar-refractivity contribution is -0.265. The highest BCUT2D eigenvalue weighted by atomic mass is 35.5. The molecule has 3 heterocycles. The maximum atomic E-state index is 13.3. The number of morpholine rings is 1. The minimum absolute atomic E-state index is 0.0922. The number of H-pyrrole nitrogens is 1. The van der Waals surface area contributed by atoms with Crippen LogP contribution in [0.15, 0.2) is 51.8 Å². The molecule has 2 saturated heterocycles. The second kappa shape index (κ2) is 9.03. The molecule has 5 rings (SSSR count). The zero-order valence-electron chi connectivity index (χ0n) is 17.8. The molecule has 0 aliphatic carbocycles. The maximum absolute atomic E-state index is 13.3. The fraction of sp³-hybridized carbons (Fsp3) is 0.304. The van der Waals surface area contributed by atoms with Gasteiger partial charge in [0.25, 0.3) is 5.91 Å². The third kappa shape index (κ3) is 4.26. The standard InChI is InChI=1S/C23H20Cl3N3O5/c24-17-5-4-13(8-18(17)25)23(32)12-29-7-6-28(10-14(29)11-33-23)21(30)16-3-1-2-15(20(16)26)19-9-27-22(31)34-19/h1-5,8-9,14,32H,6-7,10-12H2,(H,27,31)/t14-,23-/m0/s1. The van der Waals surface area contributed by atoms with Crippen LogP contribution in [0.25, 0.3) is 11.3 Å². The predicted molar refractivity (Wildman–Crippen MR) is 127 cm³/mol. The van der Waals surface area contributed by atoms with Gasteiger partial charge < -0.3 is 19.2 Å². The number of rotatable bonds is 3. The molecule has 0 radical (unpaired) electrons. The fourth-order valence-corrected chi connectivity index (χ4v) is 4.98. The van der Waals surface area contributed by atoms with Gasteiger partial charge in [-0.15, -0.1) is 0 Å². The minimum atomic E-state index is -1.52. The number of aromatic nitrogens is 1. The number of nitrogens with zero attached hydrogens (tertiary/aromatic N) is 2. The van der Waals surface area contributed by atoms with Crippen molar-refractivity contribution >= 4 is 40.7 Å². The van der Waals surface area contributed by atoms with Gasteiger partial charge in [-0.3, -0.25) is 14.7 Å². The molecule has 0 unspecified atom stereocenters. The number of aromatic amines is 1. The van der Waals surface area contributed by atoms with Gasteiger partial charge in [0.2, 0.25) is 5.79 Å². The lowest BCUT2D eigenvalue weighted by Gasteiger charge is -2.49. The number of halogens is 3. The van der Waals surface area contributed by atoms with Crippen LogP contribution in [0, 0.1) is 0 Å². The summed E-state index contributed by atoms with van der Waals surface area (Å²) in [4.78, 5) is 30.9. The first kappa shape index (κ1) is 23.4. The number of ether oxygens (including phenoxy) is 1. The third-order valence-electron chi connectivity index (χ3n) is 6.21. The van der Waals surface area contributed by atoms with E-state index in [0.717, 1.165) is 0 Å². The van der Waals surface area contributed by atoms with Crippen molar-refractivity contribution in [1.82, 2.24) is 14.8 Å². The van der Waals surface area contributed by atoms with Crippen molar-refractivity contribution in [2.24, 2.45) is 0 Å². The average molecular weight is 525 g/mol. The van der Waals surface area contributed by atoms with Gasteiger partial charge in [0, 0.05) is 30.8 Å². The molecule has 2 aliphatic heterocycles. The van der Waals surface area contributed by atoms with E-state index in [9.17, 15) is 14.7 Å². The smallest absolute Gasteiger partial charge is 0.408 e. The van der Waals surface area contributed by atoms with E-state index < -0.39 is 11.5 Å². The Balaban J connectivity index is 1.31. The molecular weight excluding hydrogens is 505 g/mol. The van der Waals surface area contributed by atoms with Crippen LogP contribution >= 0.6 is 34.8 Å². The van der Waals surface area contributed by atoms with Crippen molar-refractivity contribution in [3.8, 4) is 11.3 Å². The van der Waals surface area contributed by atoms with Crippen molar-refractivity contribution in [1.29, 1.82) is 0 Å². The fourth-order valence-electron chi connectivity index (χ4n) is 4.39. The number of amides is 1. The molecule has 2 aliphatic rings. The monoisotopic (exact) mass is 523 g/mol. The quantitative estimate of drug-likeness (QED) is 0.543. The van der Waals surface area contributed by atoms with Crippen LogP contribution in [0.1, 0.15) is 15.9 Å². The molecular formula is C23H20Cl3N3O5. The molecule has 2 N–H and O–H groups in total. The number of hydrogen-bond acceptors (Lipinski definition) is 6. The second-order valence-corrected chi connectivity index (χ2v) is 9.50. The third-order valence-corrected chi connectivity index (χ3v) is 7.36. The molecule has 2 aromatic carbocycles. The van der Waals surface area contributed by atoms with Gasteiger partial charge >= 0.3 is 5.76 Å². The normalized spacial score (nSPS) is 23.1. The highest BCUT2D eigenvalue weighted by Gasteiger charge is 2.43. The average Bonchev–Trinajstić information content (AvgIpc) is 3.26. The summed E-state index contributed by atoms with van der Waals surface area (Å²) in [5.74, 6) is -2.09. The Morgan fingerprint density at radius 3 is 2.71 bits per heavy atom. The number of carbonyl (C=O) groups excluding carboxylic acids is 1. The van der Waals surface area contributed by atoms with E-state index in [1.165, 1.54) is 6.20 Å². The van der Waals surface area contributed by atoms with Gasteiger partial charge in [0.05, 0.1) is 46.0 Å². The van der Waals surface area contributed by atoms with Gasteiger partial charge in [0.1, 0.15) is 0 Å². The first-order valence-electron chi connectivity index (χ1n) is 10.6. The van der Waals surface area contributed by atoms with E-state index >= 15 is 0 Å². The summed E-state index contributed by atoms with van der Waals surface area (Å²) >= 11 is 18.6. The van der Waals surface area contributed by atoms with Crippen LogP contribution in [0.5, 0.6) is 0 Å².